The molecule has 2 aromatic rings. The first-order valence-corrected chi connectivity index (χ1v) is 10.1. The molecule has 0 bridgehead atoms. The van der Waals surface area contributed by atoms with Gasteiger partial charge in [-0.05, 0) is 62.7 Å². The highest BCUT2D eigenvalue weighted by Gasteiger charge is 2.16. The lowest BCUT2D eigenvalue weighted by Gasteiger charge is -2.29. The van der Waals surface area contributed by atoms with Crippen LogP contribution in [0.5, 0.6) is 11.5 Å². The van der Waals surface area contributed by atoms with E-state index in [0.29, 0.717) is 6.61 Å². The quantitative estimate of drug-likeness (QED) is 0.613. The lowest BCUT2D eigenvalue weighted by Crippen LogP contribution is -2.37. The minimum atomic E-state index is -0.105. The summed E-state index contributed by atoms with van der Waals surface area (Å²) in [6, 6.07) is 11.7. The third-order valence-corrected chi connectivity index (χ3v) is 5.07. The number of aliphatic hydroxyl groups is 1. The molecule has 1 saturated heterocycles. The van der Waals surface area contributed by atoms with Gasteiger partial charge in [0.05, 0.1) is 18.9 Å². The molecular weight excluding hydrogens is 354 g/mol. The lowest BCUT2D eigenvalue weighted by atomic mass is 10.1. The average molecular weight is 386 g/mol. The van der Waals surface area contributed by atoms with E-state index < -0.39 is 0 Å². The second kappa shape index (κ2) is 11.0. The van der Waals surface area contributed by atoms with Gasteiger partial charge in [-0.1, -0.05) is 6.07 Å². The maximum atomic E-state index is 9.58. The van der Waals surface area contributed by atoms with Gasteiger partial charge in [0.1, 0.15) is 18.1 Å². The number of ether oxygens (including phenoxy) is 2. The summed E-state index contributed by atoms with van der Waals surface area (Å²) in [6.07, 6.45) is 4.55. The van der Waals surface area contributed by atoms with E-state index in [4.69, 9.17) is 9.47 Å². The first-order chi connectivity index (χ1) is 13.7. The first kappa shape index (κ1) is 20.6. The fraction of sp³-hybridized carbons (Fsp3) is 0.500. The van der Waals surface area contributed by atoms with Gasteiger partial charge in [-0.15, -0.1) is 0 Å². The third-order valence-electron chi connectivity index (χ3n) is 5.07. The van der Waals surface area contributed by atoms with Crippen molar-refractivity contribution in [2.75, 3.05) is 33.3 Å². The van der Waals surface area contributed by atoms with Crippen molar-refractivity contribution in [3.8, 4) is 11.5 Å². The van der Waals surface area contributed by atoms with E-state index in [2.05, 4.69) is 15.2 Å². The van der Waals surface area contributed by atoms with Crippen LogP contribution in [0.4, 0.5) is 0 Å². The Morgan fingerprint density at radius 1 is 1.21 bits per heavy atom. The average Bonchev–Trinajstić information content (AvgIpc) is 2.74. The molecule has 0 unspecified atom stereocenters. The largest absolute Gasteiger partial charge is 0.497 e. The van der Waals surface area contributed by atoms with E-state index in [1.54, 1.807) is 13.3 Å². The van der Waals surface area contributed by atoms with Crippen molar-refractivity contribution >= 4 is 0 Å². The Kier molecular flexibility index (Phi) is 8.08. The highest BCUT2D eigenvalue weighted by atomic mass is 16.5. The Hall–Kier alpha value is -2.15. The third kappa shape index (κ3) is 6.48. The fourth-order valence-electron chi connectivity index (χ4n) is 3.39. The van der Waals surface area contributed by atoms with Crippen molar-refractivity contribution in [1.29, 1.82) is 0 Å². The van der Waals surface area contributed by atoms with Crippen LogP contribution in [0.25, 0.3) is 0 Å². The van der Waals surface area contributed by atoms with Crippen molar-refractivity contribution in [1.82, 2.24) is 15.2 Å². The molecule has 1 aromatic heterocycles. The SMILES string of the molecule is COc1ccc(OCc2ccccn2)c(CNCCCN2CCC(O)CC2)c1. The number of pyridine rings is 1. The molecule has 1 aliphatic heterocycles. The number of rotatable bonds is 10. The number of aromatic nitrogens is 1. The lowest BCUT2D eigenvalue weighted by molar-refractivity contribution is 0.0821. The molecule has 0 atom stereocenters. The van der Waals surface area contributed by atoms with Crippen molar-refractivity contribution in [2.24, 2.45) is 0 Å². The highest BCUT2D eigenvalue weighted by molar-refractivity contribution is 5.40. The van der Waals surface area contributed by atoms with Gasteiger partial charge in [0, 0.05) is 31.4 Å². The molecule has 1 aliphatic rings. The maximum absolute atomic E-state index is 9.58. The van der Waals surface area contributed by atoms with Gasteiger partial charge < -0.3 is 24.8 Å². The summed E-state index contributed by atoms with van der Waals surface area (Å²) in [5.74, 6) is 1.68. The van der Waals surface area contributed by atoms with E-state index in [0.717, 1.165) is 74.7 Å². The van der Waals surface area contributed by atoms with Crippen LogP contribution in [0.15, 0.2) is 42.6 Å². The topological polar surface area (TPSA) is 66.9 Å². The Morgan fingerprint density at radius 3 is 2.82 bits per heavy atom. The second-order valence-corrected chi connectivity index (χ2v) is 7.19. The van der Waals surface area contributed by atoms with Crippen molar-refractivity contribution in [2.45, 2.75) is 38.5 Å². The van der Waals surface area contributed by atoms with Gasteiger partial charge in [-0.2, -0.15) is 0 Å². The zero-order valence-electron chi connectivity index (χ0n) is 16.6. The summed E-state index contributed by atoms with van der Waals surface area (Å²) >= 11 is 0. The summed E-state index contributed by atoms with van der Waals surface area (Å²) in [4.78, 5) is 6.74. The second-order valence-electron chi connectivity index (χ2n) is 7.19. The normalized spacial score (nSPS) is 15.5. The number of hydrogen-bond donors (Lipinski definition) is 2. The predicted molar refractivity (Wildman–Crippen MR) is 110 cm³/mol. The molecule has 0 radical (unpaired) electrons. The molecular formula is C22H31N3O3. The van der Waals surface area contributed by atoms with E-state index in [1.807, 2.05) is 36.4 Å². The summed E-state index contributed by atoms with van der Waals surface area (Å²) < 4.78 is 11.4. The molecule has 2 heterocycles. The summed E-state index contributed by atoms with van der Waals surface area (Å²) in [5.41, 5.74) is 1.99. The van der Waals surface area contributed by atoms with Crippen LogP contribution in [0.1, 0.15) is 30.5 Å². The number of nitrogens with one attached hydrogen (secondary N) is 1. The fourth-order valence-corrected chi connectivity index (χ4v) is 3.39. The highest BCUT2D eigenvalue weighted by Crippen LogP contribution is 2.25. The number of piperidine rings is 1. The molecule has 0 aliphatic carbocycles. The number of likely N-dealkylation sites (tertiary alicyclic amines) is 1. The van der Waals surface area contributed by atoms with Crippen molar-refractivity contribution < 1.29 is 14.6 Å². The zero-order valence-corrected chi connectivity index (χ0v) is 16.6. The van der Waals surface area contributed by atoms with Gasteiger partial charge in [0.15, 0.2) is 0 Å². The predicted octanol–water partition coefficient (Wildman–Crippen LogP) is 2.61. The molecule has 6 heteroatoms. The minimum Gasteiger partial charge on any atom is -0.497 e. The Bertz CT molecular complexity index is 703. The molecule has 0 saturated carbocycles. The van der Waals surface area contributed by atoms with Gasteiger partial charge in [0.25, 0.3) is 0 Å². The molecule has 0 amide bonds. The molecule has 0 spiro atoms. The Balaban J connectivity index is 1.46. The number of benzene rings is 1. The zero-order chi connectivity index (χ0) is 19.6. The van der Waals surface area contributed by atoms with E-state index in [9.17, 15) is 5.11 Å². The minimum absolute atomic E-state index is 0.105. The van der Waals surface area contributed by atoms with Crippen molar-refractivity contribution in [3.05, 3.63) is 53.9 Å². The van der Waals surface area contributed by atoms with Crippen LogP contribution in [0, 0.1) is 0 Å². The number of methoxy groups -OCH3 is 1. The van der Waals surface area contributed by atoms with Crippen LogP contribution < -0.4 is 14.8 Å². The van der Waals surface area contributed by atoms with Gasteiger partial charge in [-0.3, -0.25) is 4.98 Å². The van der Waals surface area contributed by atoms with Crippen molar-refractivity contribution in [3.63, 3.8) is 0 Å². The van der Waals surface area contributed by atoms with Crippen LogP contribution in [-0.2, 0) is 13.2 Å². The smallest absolute Gasteiger partial charge is 0.130 e. The molecule has 1 fully saturated rings. The molecule has 152 valence electrons. The van der Waals surface area contributed by atoms with Crippen LogP contribution >= 0.6 is 0 Å². The van der Waals surface area contributed by atoms with Crippen LogP contribution in [-0.4, -0.2) is 54.4 Å². The Morgan fingerprint density at radius 2 is 2.07 bits per heavy atom. The van der Waals surface area contributed by atoms with Gasteiger partial charge in [0.2, 0.25) is 0 Å². The molecule has 28 heavy (non-hydrogen) atoms. The summed E-state index contributed by atoms with van der Waals surface area (Å²) in [6.45, 7) is 5.19. The standard InChI is InChI=1S/C22H31N3O3/c1-27-21-6-7-22(28-17-19-5-2-3-11-24-19)18(15-21)16-23-10-4-12-25-13-8-20(26)9-14-25/h2-3,5-7,11,15,20,23,26H,4,8-10,12-14,16-17H2,1H3. The van der Waals surface area contributed by atoms with E-state index >= 15 is 0 Å². The monoisotopic (exact) mass is 385 g/mol. The maximum Gasteiger partial charge on any atom is 0.130 e. The molecule has 1 aromatic carbocycles. The van der Waals surface area contributed by atoms with Crippen LogP contribution in [0.3, 0.4) is 0 Å². The molecule has 6 nitrogen and oxygen atoms in total. The number of aliphatic hydroxyl groups excluding tert-OH is 1. The first-order valence-electron chi connectivity index (χ1n) is 10.1. The Labute approximate surface area is 167 Å². The molecule has 3 rings (SSSR count). The van der Waals surface area contributed by atoms with E-state index in [1.165, 1.54) is 0 Å². The summed E-state index contributed by atoms with van der Waals surface area (Å²) in [7, 11) is 1.68. The van der Waals surface area contributed by atoms with Gasteiger partial charge >= 0.3 is 0 Å². The van der Waals surface area contributed by atoms with Crippen LogP contribution in [0.2, 0.25) is 0 Å². The van der Waals surface area contributed by atoms with Gasteiger partial charge in [-0.25, -0.2) is 0 Å². The molecule has 2 N–H and O–H groups in total. The summed E-state index contributed by atoms with van der Waals surface area (Å²) in [5, 5.41) is 13.1. The number of hydrogen-bond acceptors (Lipinski definition) is 6. The number of nitrogens with zero attached hydrogens (tertiary/aromatic N) is 2. The van der Waals surface area contributed by atoms with E-state index in [-0.39, 0.29) is 6.10 Å².